The average molecular weight is 335 g/mol. The highest BCUT2D eigenvalue weighted by Crippen LogP contribution is 2.36. The van der Waals surface area contributed by atoms with Crippen molar-refractivity contribution in [2.24, 2.45) is 0 Å². The van der Waals surface area contributed by atoms with Gasteiger partial charge in [-0.15, -0.1) is 0 Å². The van der Waals surface area contributed by atoms with Gasteiger partial charge in [-0.2, -0.15) is 0 Å². The van der Waals surface area contributed by atoms with E-state index in [9.17, 15) is 0 Å². The van der Waals surface area contributed by atoms with Crippen molar-refractivity contribution in [3.05, 3.63) is 36.3 Å². The topological polar surface area (TPSA) is 47.1 Å². The normalized spacial score (nSPS) is 24.5. The van der Waals surface area contributed by atoms with Gasteiger partial charge in [-0.1, -0.05) is 43.4 Å². The molecule has 3 heterocycles. The van der Waals surface area contributed by atoms with Gasteiger partial charge in [0.25, 0.3) is 0 Å². The first kappa shape index (κ1) is 16.9. The lowest BCUT2D eigenvalue weighted by molar-refractivity contribution is 0.00578. The van der Waals surface area contributed by atoms with Crippen LogP contribution in [0.2, 0.25) is 6.32 Å². The first-order valence-corrected chi connectivity index (χ1v) is 9.20. The van der Waals surface area contributed by atoms with Gasteiger partial charge in [0.15, 0.2) is 0 Å². The molecule has 1 radical (unpaired) electrons. The summed E-state index contributed by atoms with van der Waals surface area (Å²) in [7, 11) is 2.05. The molecule has 0 unspecified atom stereocenters. The molecule has 2 aliphatic rings. The summed E-state index contributed by atoms with van der Waals surface area (Å²) in [5.41, 5.74) is 2.62. The zero-order valence-corrected chi connectivity index (χ0v) is 15.5. The Hall–Kier alpha value is -1.52. The van der Waals surface area contributed by atoms with Crippen molar-refractivity contribution >= 4 is 19.9 Å². The molecule has 2 fully saturated rings. The summed E-state index contributed by atoms with van der Waals surface area (Å²) in [5.74, 6) is 1.57. The molecule has 1 N–H and O–H groups in total. The smallest absolute Gasteiger partial charge is 0.399 e. The van der Waals surface area contributed by atoms with Crippen LogP contribution in [-0.4, -0.2) is 35.6 Å². The Labute approximate surface area is 151 Å². The molecule has 25 heavy (non-hydrogen) atoms. The van der Waals surface area contributed by atoms with Crippen molar-refractivity contribution in [2.75, 3.05) is 0 Å². The van der Waals surface area contributed by atoms with E-state index in [4.69, 9.17) is 9.31 Å². The van der Waals surface area contributed by atoms with Crippen molar-refractivity contribution in [2.45, 2.75) is 63.9 Å². The Kier molecular flexibility index (Phi) is 4.08. The maximum absolute atomic E-state index is 6.12. The molecule has 0 bridgehead atoms. The minimum atomic E-state index is -0.315. The van der Waals surface area contributed by atoms with Crippen molar-refractivity contribution in [1.29, 1.82) is 0 Å². The summed E-state index contributed by atoms with van der Waals surface area (Å²) in [6, 6.07) is 8.38. The molecule has 1 aromatic carbocycles. The van der Waals surface area contributed by atoms with Crippen LogP contribution in [0, 0.1) is 0 Å². The lowest BCUT2D eigenvalue weighted by Gasteiger charge is -2.32. The van der Waals surface area contributed by atoms with Gasteiger partial charge in [-0.3, -0.25) is 0 Å². The highest BCUT2D eigenvalue weighted by molar-refractivity contribution is 6.62. The molecule has 0 aliphatic carbocycles. The maximum Gasteiger partial charge on any atom is 0.494 e. The van der Waals surface area contributed by atoms with Crippen molar-refractivity contribution in [1.82, 2.24) is 9.97 Å². The first-order chi connectivity index (χ1) is 11.9. The molecule has 4 nitrogen and oxygen atoms in total. The fourth-order valence-electron chi connectivity index (χ4n) is 3.49. The van der Waals surface area contributed by atoms with Gasteiger partial charge in [-0.25, -0.2) is 4.98 Å². The molecular formula is C19H25B2N2O2. The Morgan fingerprint density at radius 2 is 1.80 bits per heavy atom. The van der Waals surface area contributed by atoms with Crippen LogP contribution in [-0.2, 0) is 9.31 Å². The van der Waals surface area contributed by atoms with Crippen molar-refractivity contribution in [3.8, 4) is 11.3 Å². The summed E-state index contributed by atoms with van der Waals surface area (Å²) >= 11 is 0. The lowest BCUT2D eigenvalue weighted by atomic mass is 9.67. The highest BCUT2D eigenvalue weighted by atomic mass is 16.7. The summed E-state index contributed by atoms with van der Waals surface area (Å²) in [6.07, 6.45) is 5.60. The molecule has 0 spiro atoms. The van der Waals surface area contributed by atoms with Crippen LogP contribution < -0.4 is 5.46 Å². The number of H-pyrrole nitrogens is 1. The second-order valence-corrected chi connectivity index (χ2v) is 8.17. The standard InChI is InChI=1S/C19H25B2N2O2/c1-18(2)19(3,4)25-21(24-18)14-9-7-13(8-10-14)16-12-22-17(23-16)15-6-5-11-20-15/h7-10,12,15H,5-6,11H2,1-4H3,(H,22,23)/t15-/m0/s1. The van der Waals surface area contributed by atoms with E-state index in [0.717, 1.165) is 22.5 Å². The minimum Gasteiger partial charge on any atom is -0.399 e. The van der Waals surface area contributed by atoms with Crippen LogP contribution in [0.5, 0.6) is 0 Å². The van der Waals surface area contributed by atoms with Crippen LogP contribution in [0.15, 0.2) is 30.5 Å². The van der Waals surface area contributed by atoms with E-state index in [1.165, 1.54) is 19.2 Å². The number of rotatable bonds is 3. The fourth-order valence-corrected chi connectivity index (χ4v) is 3.49. The SMILES string of the molecule is CC1(C)OB(c2ccc(-c3cnc([C@H]4[B]CCC4)[nH]3)cc2)OC1(C)C. The zero-order chi connectivity index (χ0) is 17.7. The van der Waals surface area contributed by atoms with Gasteiger partial charge < -0.3 is 14.3 Å². The van der Waals surface area contributed by atoms with Gasteiger partial charge in [0.2, 0.25) is 0 Å². The Bertz CT molecular complexity index is 733. The lowest BCUT2D eigenvalue weighted by Crippen LogP contribution is -2.41. The van der Waals surface area contributed by atoms with Gasteiger partial charge in [-0.05, 0) is 44.5 Å². The average Bonchev–Trinajstić information content (AvgIpc) is 3.28. The van der Waals surface area contributed by atoms with Crippen LogP contribution in [0.25, 0.3) is 11.3 Å². The number of nitrogens with one attached hydrogen (secondary N) is 1. The van der Waals surface area contributed by atoms with E-state index in [2.05, 4.69) is 69.2 Å². The molecule has 2 aliphatic heterocycles. The largest absolute Gasteiger partial charge is 0.494 e. The van der Waals surface area contributed by atoms with Gasteiger partial charge in [0.05, 0.1) is 23.1 Å². The predicted molar refractivity (Wildman–Crippen MR) is 102 cm³/mol. The molecule has 2 saturated heterocycles. The van der Waals surface area contributed by atoms with Crippen molar-refractivity contribution in [3.63, 3.8) is 0 Å². The van der Waals surface area contributed by atoms with E-state index in [1.54, 1.807) is 0 Å². The molecule has 2 aromatic rings. The third-order valence-corrected chi connectivity index (χ3v) is 5.86. The Balaban J connectivity index is 1.51. The van der Waals surface area contributed by atoms with Gasteiger partial charge in [0.1, 0.15) is 13.1 Å². The van der Waals surface area contributed by atoms with Gasteiger partial charge in [0, 0.05) is 0 Å². The second kappa shape index (κ2) is 6.03. The maximum atomic E-state index is 6.12. The van der Waals surface area contributed by atoms with E-state index < -0.39 is 0 Å². The van der Waals surface area contributed by atoms with E-state index >= 15 is 0 Å². The van der Waals surface area contributed by atoms with Crippen LogP contribution >= 0.6 is 0 Å². The second-order valence-electron chi connectivity index (χ2n) is 8.17. The fraction of sp³-hybridized carbons (Fsp3) is 0.526. The van der Waals surface area contributed by atoms with E-state index in [1.807, 2.05) is 6.20 Å². The summed E-state index contributed by atoms with van der Waals surface area (Å²) < 4.78 is 12.2. The summed E-state index contributed by atoms with van der Waals surface area (Å²) in [6.45, 7) is 8.31. The zero-order valence-electron chi connectivity index (χ0n) is 15.5. The highest BCUT2D eigenvalue weighted by Gasteiger charge is 2.51. The predicted octanol–water partition coefficient (Wildman–Crippen LogP) is 3.33. The molecule has 6 heteroatoms. The molecule has 0 amide bonds. The summed E-state index contributed by atoms with van der Waals surface area (Å²) in [5, 5.41) is 0. The molecule has 1 aromatic heterocycles. The van der Waals surface area contributed by atoms with Crippen LogP contribution in [0.3, 0.4) is 0 Å². The molecule has 0 saturated carbocycles. The number of benzene rings is 1. The number of hydrogen-bond donors (Lipinski definition) is 1. The monoisotopic (exact) mass is 335 g/mol. The number of aromatic amines is 1. The quantitative estimate of drug-likeness (QED) is 0.876. The Morgan fingerprint density at radius 3 is 2.40 bits per heavy atom. The molecular weight excluding hydrogens is 310 g/mol. The minimum absolute atomic E-state index is 0.313. The van der Waals surface area contributed by atoms with Gasteiger partial charge >= 0.3 is 7.12 Å². The van der Waals surface area contributed by atoms with E-state index in [0.29, 0.717) is 5.82 Å². The Morgan fingerprint density at radius 1 is 1.12 bits per heavy atom. The summed E-state index contributed by atoms with van der Waals surface area (Å²) in [4.78, 5) is 8.06. The molecule has 129 valence electrons. The molecule has 4 rings (SSSR count). The number of imidazole rings is 1. The van der Waals surface area contributed by atoms with Crippen LogP contribution in [0.4, 0.5) is 0 Å². The number of aromatic nitrogens is 2. The van der Waals surface area contributed by atoms with Crippen molar-refractivity contribution < 1.29 is 9.31 Å². The van der Waals surface area contributed by atoms with Crippen LogP contribution in [0.1, 0.15) is 52.2 Å². The molecule has 1 atom stereocenters. The number of nitrogens with zero attached hydrogens (tertiary/aromatic N) is 1. The third kappa shape index (κ3) is 3.06. The van der Waals surface area contributed by atoms with E-state index in [-0.39, 0.29) is 18.3 Å². The number of hydrogen-bond acceptors (Lipinski definition) is 3. The third-order valence-electron chi connectivity index (χ3n) is 5.86. The first-order valence-electron chi connectivity index (χ1n) is 9.20.